The van der Waals surface area contributed by atoms with E-state index in [4.69, 9.17) is 0 Å². The number of aryl methyl sites for hydroxylation is 2. The highest BCUT2D eigenvalue weighted by atomic mass is 19.4. The standard InChI is InChI=1S/C10H10F8N2/c1-6-19-3-5-20(6)4-2-8(13,14)10(17,18)9(15,16)7(11)12/h3,5,7H,2,4H2,1H3. The molecule has 0 atom stereocenters. The van der Waals surface area contributed by atoms with Gasteiger partial charge >= 0.3 is 24.2 Å². The first-order valence-electron chi connectivity index (χ1n) is 5.33. The van der Waals surface area contributed by atoms with Crippen molar-refractivity contribution in [2.75, 3.05) is 0 Å². The van der Waals surface area contributed by atoms with Crippen LogP contribution in [0.3, 0.4) is 0 Å². The highest BCUT2D eigenvalue weighted by Gasteiger charge is 2.74. The van der Waals surface area contributed by atoms with Gasteiger partial charge in [0.15, 0.2) is 0 Å². The third-order valence-corrected chi connectivity index (χ3v) is 2.74. The molecule has 0 aliphatic rings. The van der Waals surface area contributed by atoms with Gasteiger partial charge in [-0.1, -0.05) is 0 Å². The van der Waals surface area contributed by atoms with Crippen LogP contribution in [-0.4, -0.2) is 33.7 Å². The summed E-state index contributed by atoms with van der Waals surface area (Å²) in [6.07, 6.45) is -4.24. The van der Waals surface area contributed by atoms with Crippen LogP contribution in [0.1, 0.15) is 12.2 Å². The monoisotopic (exact) mass is 310 g/mol. The molecule has 0 saturated carbocycles. The van der Waals surface area contributed by atoms with Crippen molar-refractivity contribution in [3.05, 3.63) is 18.2 Å². The second-order valence-electron chi connectivity index (χ2n) is 4.12. The van der Waals surface area contributed by atoms with Gasteiger partial charge in [-0.15, -0.1) is 0 Å². The Morgan fingerprint density at radius 2 is 1.70 bits per heavy atom. The highest BCUT2D eigenvalue weighted by Crippen LogP contribution is 2.49. The second kappa shape index (κ2) is 5.21. The molecular formula is C10H10F8N2. The Morgan fingerprint density at radius 1 is 1.15 bits per heavy atom. The van der Waals surface area contributed by atoms with E-state index in [1.54, 1.807) is 0 Å². The Kier molecular flexibility index (Phi) is 4.35. The smallest absolute Gasteiger partial charge is 0.335 e. The molecular weight excluding hydrogens is 300 g/mol. The number of rotatable bonds is 6. The molecule has 2 nitrogen and oxygen atoms in total. The van der Waals surface area contributed by atoms with Gasteiger partial charge in [0.05, 0.1) is 0 Å². The van der Waals surface area contributed by atoms with Gasteiger partial charge in [-0.3, -0.25) is 0 Å². The molecule has 0 aliphatic heterocycles. The molecule has 1 aromatic rings. The maximum atomic E-state index is 13.2. The normalized spacial score (nSPS) is 14.1. The Labute approximate surface area is 108 Å². The summed E-state index contributed by atoms with van der Waals surface area (Å²) >= 11 is 0. The topological polar surface area (TPSA) is 17.8 Å². The van der Waals surface area contributed by atoms with Gasteiger partial charge in [-0.05, 0) is 6.92 Å². The fraction of sp³-hybridized carbons (Fsp3) is 0.700. The van der Waals surface area contributed by atoms with Crippen molar-refractivity contribution in [3.63, 3.8) is 0 Å². The summed E-state index contributed by atoms with van der Waals surface area (Å²) in [5, 5.41) is 0. The maximum Gasteiger partial charge on any atom is 0.377 e. The Morgan fingerprint density at radius 3 is 2.10 bits per heavy atom. The average molecular weight is 310 g/mol. The summed E-state index contributed by atoms with van der Waals surface area (Å²) < 4.78 is 102. The van der Waals surface area contributed by atoms with Gasteiger partial charge in [-0.25, -0.2) is 13.8 Å². The molecule has 1 aromatic heterocycles. The molecule has 1 rings (SSSR count). The zero-order chi connectivity index (χ0) is 15.8. The average Bonchev–Trinajstić information content (AvgIpc) is 2.71. The zero-order valence-corrected chi connectivity index (χ0v) is 10.1. The Bertz CT molecular complexity index is 454. The van der Waals surface area contributed by atoms with E-state index in [0.29, 0.717) is 0 Å². The first-order valence-corrected chi connectivity index (χ1v) is 5.33. The van der Waals surface area contributed by atoms with E-state index < -0.39 is 37.2 Å². The Balaban J connectivity index is 2.89. The lowest BCUT2D eigenvalue weighted by atomic mass is 10.0. The van der Waals surface area contributed by atoms with Crippen LogP contribution < -0.4 is 0 Å². The molecule has 0 saturated heterocycles. The lowest BCUT2D eigenvalue weighted by molar-refractivity contribution is -0.339. The number of imidazole rings is 1. The molecule has 0 spiro atoms. The summed E-state index contributed by atoms with van der Waals surface area (Å²) in [6, 6.07) is 0. The Hall–Kier alpha value is -1.35. The van der Waals surface area contributed by atoms with Crippen molar-refractivity contribution < 1.29 is 35.1 Å². The maximum absolute atomic E-state index is 13.2. The van der Waals surface area contributed by atoms with Crippen LogP contribution in [0.25, 0.3) is 0 Å². The van der Waals surface area contributed by atoms with Crippen molar-refractivity contribution in [3.8, 4) is 0 Å². The molecule has 0 radical (unpaired) electrons. The number of alkyl halides is 8. The molecule has 0 bridgehead atoms. The molecule has 20 heavy (non-hydrogen) atoms. The van der Waals surface area contributed by atoms with Crippen LogP contribution in [-0.2, 0) is 6.54 Å². The fourth-order valence-corrected chi connectivity index (χ4v) is 1.44. The molecule has 10 heteroatoms. The van der Waals surface area contributed by atoms with E-state index in [1.807, 2.05) is 0 Å². The number of aromatic nitrogens is 2. The van der Waals surface area contributed by atoms with E-state index in [9.17, 15) is 35.1 Å². The van der Waals surface area contributed by atoms with Gasteiger partial charge < -0.3 is 4.57 Å². The van der Waals surface area contributed by atoms with Crippen LogP contribution in [0, 0.1) is 6.92 Å². The van der Waals surface area contributed by atoms with Gasteiger partial charge in [0, 0.05) is 25.4 Å². The fourth-order valence-electron chi connectivity index (χ4n) is 1.44. The zero-order valence-electron chi connectivity index (χ0n) is 10.1. The van der Waals surface area contributed by atoms with E-state index in [-0.39, 0.29) is 5.82 Å². The predicted octanol–water partition coefficient (Wildman–Crippen LogP) is 3.75. The minimum Gasteiger partial charge on any atom is -0.335 e. The molecule has 0 aliphatic carbocycles. The van der Waals surface area contributed by atoms with Crippen LogP contribution in [0.2, 0.25) is 0 Å². The largest absolute Gasteiger partial charge is 0.377 e. The van der Waals surface area contributed by atoms with Crippen LogP contribution in [0.4, 0.5) is 35.1 Å². The molecule has 1 heterocycles. The van der Waals surface area contributed by atoms with E-state index in [1.165, 1.54) is 19.3 Å². The molecule has 116 valence electrons. The minimum atomic E-state index is -6.15. The molecule has 0 aromatic carbocycles. The van der Waals surface area contributed by atoms with Crippen LogP contribution in [0.15, 0.2) is 12.4 Å². The number of hydrogen-bond acceptors (Lipinski definition) is 1. The summed E-state index contributed by atoms with van der Waals surface area (Å²) in [6.45, 7) is 0.623. The molecule has 0 amide bonds. The van der Waals surface area contributed by atoms with Crippen molar-refractivity contribution >= 4 is 0 Å². The van der Waals surface area contributed by atoms with Gasteiger partial charge in [0.1, 0.15) is 5.82 Å². The van der Waals surface area contributed by atoms with E-state index in [2.05, 4.69) is 4.98 Å². The summed E-state index contributed by atoms with van der Waals surface area (Å²) in [5.41, 5.74) is 0. The summed E-state index contributed by atoms with van der Waals surface area (Å²) in [5.74, 6) is -17.4. The van der Waals surface area contributed by atoms with Gasteiger partial charge in [0.2, 0.25) is 0 Å². The van der Waals surface area contributed by atoms with Crippen LogP contribution >= 0.6 is 0 Å². The van der Waals surface area contributed by atoms with E-state index in [0.717, 1.165) is 4.57 Å². The van der Waals surface area contributed by atoms with Crippen molar-refractivity contribution in [1.29, 1.82) is 0 Å². The summed E-state index contributed by atoms with van der Waals surface area (Å²) in [7, 11) is 0. The number of halogens is 8. The first kappa shape index (κ1) is 16.7. The van der Waals surface area contributed by atoms with Crippen molar-refractivity contribution in [2.24, 2.45) is 0 Å². The molecule has 0 N–H and O–H groups in total. The van der Waals surface area contributed by atoms with Gasteiger partial charge in [-0.2, -0.15) is 26.3 Å². The lowest BCUT2D eigenvalue weighted by Gasteiger charge is -2.32. The number of hydrogen-bond donors (Lipinski definition) is 0. The third kappa shape index (κ3) is 2.73. The summed E-state index contributed by atoms with van der Waals surface area (Å²) in [4.78, 5) is 3.62. The van der Waals surface area contributed by atoms with Crippen molar-refractivity contribution in [1.82, 2.24) is 9.55 Å². The SMILES string of the molecule is Cc1nccn1CCC(F)(F)C(F)(F)C(F)(F)C(F)F. The predicted molar refractivity (Wildman–Crippen MR) is 52.4 cm³/mol. The molecule has 0 unspecified atom stereocenters. The van der Waals surface area contributed by atoms with Crippen LogP contribution in [0.5, 0.6) is 0 Å². The first-order chi connectivity index (χ1) is 8.93. The quantitative estimate of drug-likeness (QED) is 0.732. The minimum absolute atomic E-state index is 0.199. The highest BCUT2D eigenvalue weighted by molar-refractivity contribution is 4.98. The second-order valence-corrected chi connectivity index (χ2v) is 4.12. The van der Waals surface area contributed by atoms with Gasteiger partial charge in [0.25, 0.3) is 0 Å². The van der Waals surface area contributed by atoms with E-state index >= 15 is 0 Å². The third-order valence-electron chi connectivity index (χ3n) is 2.74. The lowest BCUT2D eigenvalue weighted by Crippen LogP contribution is -2.57. The molecule has 0 fully saturated rings. The number of nitrogens with zero attached hydrogens (tertiary/aromatic N) is 2. The van der Waals surface area contributed by atoms with Crippen molar-refractivity contribution in [2.45, 2.75) is 44.1 Å².